The Morgan fingerprint density at radius 2 is 1.85 bits per heavy atom. The summed E-state index contributed by atoms with van der Waals surface area (Å²) < 4.78 is 0. The molecule has 20 heavy (non-hydrogen) atoms. The summed E-state index contributed by atoms with van der Waals surface area (Å²) in [6.45, 7) is 4.61. The smallest absolute Gasteiger partial charge is 0.0818 e. The van der Waals surface area contributed by atoms with Crippen molar-refractivity contribution in [1.29, 1.82) is 0 Å². The minimum atomic E-state index is -0.343. The first-order chi connectivity index (χ1) is 9.63. The minimum Gasteiger partial charge on any atom is -0.388 e. The van der Waals surface area contributed by atoms with E-state index in [4.69, 9.17) is 0 Å². The average Bonchev–Trinajstić information content (AvgIpc) is 2.45. The van der Waals surface area contributed by atoms with Crippen LogP contribution < -0.4 is 0 Å². The van der Waals surface area contributed by atoms with Crippen molar-refractivity contribution in [2.75, 3.05) is 0 Å². The Kier molecular flexibility index (Phi) is 3.75. The van der Waals surface area contributed by atoms with Crippen molar-refractivity contribution in [3.63, 3.8) is 0 Å². The highest BCUT2D eigenvalue weighted by molar-refractivity contribution is 5.79. The van der Waals surface area contributed by atoms with E-state index in [9.17, 15) is 5.11 Å². The number of aliphatic hydroxyl groups is 1. The number of hydrogen-bond acceptors (Lipinski definition) is 2. The van der Waals surface area contributed by atoms with E-state index in [-0.39, 0.29) is 6.10 Å². The number of hydrogen-bond donors (Lipinski definition) is 1. The van der Waals surface area contributed by atoms with E-state index in [1.807, 2.05) is 24.4 Å². The van der Waals surface area contributed by atoms with Gasteiger partial charge in [-0.15, -0.1) is 0 Å². The van der Waals surface area contributed by atoms with Gasteiger partial charge in [0.15, 0.2) is 0 Å². The number of fused-ring (bicyclic) bond motifs is 1. The molecule has 1 aromatic heterocycles. The quantitative estimate of drug-likeness (QED) is 0.879. The Morgan fingerprint density at radius 1 is 1.10 bits per heavy atom. The molecule has 2 aromatic rings. The second-order valence-corrected chi connectivity index (χ2v) is 6.58. The van der Waals surface area contributed by atoms with Gasteiger partial charge < -0.3 is 5.11 Å². The second-order valence-electron chi connectivity index (χ2n) is 6.58. The summed E-state index contributed by atoms with van der Waals surface area (Å²) in [7, 11) is 0. The van der Waals surface area contributed by atoms with Gasteiger partial charge in [0.2, 0.25) is 0 Å². The molecule has 2 heteroatoms. The van der Waals surface area contributed by atoms with Gasteiger partial charge in [-0.25, -0.2) is 0 Å². The van der Waals surface area contributed by atoms with Crippen LogP contribution in [0.1, 0.15) is 44.8 Å². The highest BCUT2D eigenvalue weighted by Crippen LogP contribution is 2.40. The van der Waals surface area contributed by atoms with Crippen LogP contribution in [0, 0.1) is 17.8 Å². The molecule has 0 amide bonds. The number of benzene rings is 1. The lowest BCUT2D eigenvalue weighted by atomic mass is 9.73. The monoisotopic (exact) mass is 269 g/mol. The van der Waals surface area contributed by atoms with E-state index in [0.717, 1.165) is 41.1 Å². The molecule has 106 valence electrons. The highest BCUT2D eigenvalue weighted by atomic mass is 16.3. The van der Waals surface area contributed by atoms with Gasteiger partial charge in [-0.2, -0.15) is 0 Å². The topological polar surface area (TPSA) is 33.1 Å². The first kappa shape index (κ1) is 13.6. The minimum absolute atomic E-state index is 0.343. The Bertz CT molecular complexity index is 585. The number of nitrogens with zero attached hydrogens (tertiary/aromatic N) is 1. The SMILES string of the molecule is CC1CC(C)CC(C(O)c2ccc3ncccc3c2)C1. The van der Waals surface area contributed by atoms with E-state index in [2.05, 4.69) is 31.0 Å². The average molecular weight is 269 g/mol. The molecule has 3 rings (SSSR count). The molecule has 0 saturated heterocycles. The lowest BCUT2D eigenvalue weighted by Gasteiger charge is -2.34. The zero-order valence-electron chi connectivity index (χ0n) is 12.3. The third-order valence-electron chi connectivity index (χ3n) is 4.63. The highest BCUT2D eigenvalue weighted by Gasteiger charge is 2.29. The summed E-state index contributed by atoms with van der Waals surface area (Å²) in [6.07, 6.45) is 5.03. The van der Waals surface area contributed by atoms with Gasteiger partial charge >= 0.3 is 0 Å². The molecule has 3 unspecified atom stereocenters. The van der Waals surface area contributed by atoms with E-state index < -0.39 is 0 Å². The maximum Gasteiger partial charge on any atom is 0.0818 e. The fourth-order valence-corrected chi connectivity index (χ4v) is 3.82. The Labute approximate surface area is 120 Å². The molecule has 1 heterocycles. The molecule has 0 spiro atoms. The molecule has 3 atom stereocenters. The maximum absolute atomic E-state index is 10.7. The van der Waals surface area contributed by atoms with Crippen molar-refractivity contribution in [2.24, 2.45) is 17.8 Å². The maximum atomic E-state index is 10.7. The predicted octanol–water partition coefficient (Wildman–Crippen LogP) is 4.34. The molecule has 1 saturated carbocycles. The summed E-state index contributed by atoms with van der Waals surface area (Å²) in [5, 5.41) is 11.8. The summed E-state index contributed by atoms with van der Waals surface area (Å²) in [5.74, 6) is 1.84. The van der Waals surface area contributed by atoms with E-state index in [0.29, 0.717) is 5.92 Å². The van der Waals surface area contributed by atoms with Crippen LogP contribution in [0.5, 0.6) is 0 Å². The Morgan fingerprint density at radius 3 is 2.60 bits per heavy atom. The Balaban J connectivity index is 1.86. The van der Waals surface area contributed by atoms with Crippen LogP contribution in [0.15, 0.2) is 36.5 Å². The fraction of sp³-hybridized carbons (Fsp3) is 0.500. The van der Waals surface area contributed by atoms with Crippen LogP contribution >= 0.6 is 0 Å². The third kappa shape index (κ3) is 2.71. The molecule has 0 radical (unpaired) electrons. The van der Waals surface area contributed by atoms with Gasteiger partial charge in [0, 0.05) is 11.6 Å². The zero-order valence-corrected chi connectivity index (χ0v) is 12.3. The lowest BCUT2D eigenvalue weighted by molar-refractivity contribution is 0.0553. The van der Waals surface area contributed by atoms with E-state index in [1.165, 1.54) is 6.42 Å². The molecule has 1 fully saturated rings. The second kappa shape index (κ2) is 5.53. The van der Waals surface area contributed by atoms with Crippen molar-refractivity contribution in [1.82, 2.24) is 4.98 Å². The van der Waals surface area contributed by atoms with Crippen molar-refractivity contribution in [3.05, 3.63) is 42.1 Å². The molecule has 1 aliphatic carbocycles. The van der Waals surface area contributed by atoms with E-state index in [1.54, 1.807) is 0 Å². The largest absolute Gasteiger partial charge is 0.388 e. The van der Waals surface area contributed by atoms with Crippen molar-refractivity contribution in [2.45, 2.75) is 39.2 Å². The van der Waals surface area contributed by atoms with Crippen molar-refractivity contribution >= 4 is 10.9 Å². The number of aliphatic hydroxyl groups excluding tert-OH is 1. The van der Waals surface area contributed by atoms with Gasteiger partial charge in [-0.1, -0.05) is 26.0 Å². The van der Waals surface area contributed by atoms with Gasteiger partial charge in [-0.05, 0) is 60.8 Å². The van der Waals surface area contributed by atoms with E-state index >= 15 is 0 Å². The summed E-state index contributed by atoms with van der Waals surface area (Å²) in [4.78, 5) is 4.34. The van der Waals surface area contributed by atoms with Crippen LogP contribution in [0.4, 0.5) is 0 Å². The summed E-state index contributed by atoms with van der Waals surface area (Å²) >= 11 is 0. The molecular weight excluding hydrogens is 246 g/mol. The van der Waals surface area contributed by atoms with Crippen molar-refractivity contribution < 1.29 is 5.11 Å². The van der Waals surface area contributed by atoms with Crippen LogP contribution in [-0.4, -0.2) is 10.1 Å². The fourth-order valence-electron chi connectivity index (χ4n) is 3.82. The molecular formula is C18H23NO. The van der Waals surface area contributed by atoms with Crippen LogP contribution in [0.3, 0.4) is 0 Å². The Hall–Kier alpha value is -1.41. The first-order valence-corrected chi connectivity index (χ1v) is 7.66. The lowest BCUT2D eigenvalue weighted by Crippen LogP contribution is -2.24. The van der Waals surface area contributed by atoms with Gasteiger partial charge in [0.1, 0.15) is 0 Å². The van der Waals surface area contributed by atoms with Gasteiger partial charge in [-0.3, -0.25) is 4.98 Å². The first-order valence-electron chi connectivity index (χ1n) is 7.66. The molecule has 2 nitrogen and oxygen atoms in total. The molecule has 1 aliphatic rings. The van der Waals surface area contributed by atoms with Gasteiger partial charge in [0.25, 0.3) is 0 Å². The molecule has 0 bridgehead atoms. The van der Waals surface area contributed by atoms with Crippen LogP contribution in [0.25, 0.3) is 10.9 Å². The standard InChI is InChI=1S/C18H23NO/c1-12-8-13(2)10-16(9-12)18(20)15-5-6-17-14(11-15)4-3-7-19-17/h3-7,11-13,16,18,20H,8-10H2,1-2H3. The summed E-state index contributed by atoms with van der Waals surface area (Å²) in [5.41, 5.74) is 2.03. The number of aromatic nitrogens is 1. The van der Waals surface area contributed by atoms with Crippen molar-refractivity contribution in [3.8, 4) is 0 Å². The number of rotatable bonds is 2. The molecule has 1 N–H and O–H groups in total. The third-order valence-corrected chi connectivity index (χ3v) is 4.63. The molecule has 0 aliphatic heterocycles. The summed E-state index contributed by atoms with van der Waals surface area (Å²) in [6, 6.07) is 10.2. The predicted molar refractivity (Wildman–Crippen MR) is 82.4 cm³/mol. The van der Waals surface area contributed by atoms with Crippen LogP contribution in [-0.2, 0) is 0 Å². The normalized spacial score (nSPS) is 28.4. The van der Waals surface area contributed by atoms with Crippen LogP contribution in [0.2, 0.25) is 0 Å². The van der Waals surface area contributed by atoms with Gasteiger partial charge in [0.05, 0.1) is 11.6 Å². The zero-order chi connectivity index (χ0) is 14.1. The number of pyridine rings is 1. The molecule has 1 aromatic carbocycles.